The number of phenolic OH excluding ortho intramolecular Hbond substituents is 2. The molecule has 0 spiro atoms. The molecule has 2 saturated heterocycles. The third-order valence-electron chi connectivity index (χ3n) is 12.8. The molecule has 11 nitrogen and oxygen atoms in total. The van der Waals surface area contributed by atoms with Crippen LogP contribution in [0.5, 0.6) is 23.0 Å². The average molecular weight is 981 g/mol. The van der Waals surface area contributed by atoms with Crippen LogP contribution in [0.1, 0.15) is 57.9 Å². The number of aliphatic hydroxyl groups excluding tert-OH is 3. The van der Waals surface area contributed by atoms with E-state index in [-0.39, 0.29) is 37.9 Å². The molecule has 0 saturated carbocycles. The van der Waals surface area contributed by atoms with Crippen molar-refractivity contribution in [1.29, 1.82) is 0 Å². The molecule has 12 rings (SSSR count). The molecule has 2 aliphatic carbocycles. The van der Waals surface area contributed by atoms with Crippen LogP contribution in [-0.2, 0) is 25.0 Å². The first-order valence-electron chi connectivity index (χ1n) is 24.5. The summed E-state index contributed by atoms with van der Waals surface area (Å²) in [7, 11) is 0. The highest BCUT2D eigenvalue weighted by Crippen LogP contribution is 2.57. The number of carbonyl (C=O) groups is 1. The van der Waals surface area contributed by atoms with E-state index in [9.17, 15) is 15.0 Å². The minimum Gasteiger partial charge on any atom is -0.508 e. The van der Waals surface area contributed by atoms with Gasteiger partial charge in [-0.25, -0.2) is 4.79 Å². The number of cyclic esters (lactones) is 2. The summed E-state index contributed by atoms with van der Waals surface area (Å²) in [5.74, 6) is 1.96. The number of aliphatic hydroxyl groups is 3. The van der Waals surface area contributed by atoms with Crippen LogP contribution in [0.15, 0.2) is 194 Å². The van der Waals surface area contributed by atoms with Crippen molar-refractivity contribution in [2.24, 2.45) is 0 Å². The van der Waals surface area contributed by atoms with Crippen LogP contribution in [0.25, 0.3) is 22.3 Å². The van der Waals surface area contributed by atoms with E-state index in [1.54, 1.807) is 24.3 Å². The number of hydrogen-bond donors (Lipinski definition) is 5. The first-order chi connectivity index (χ1) is 35.8. The number of aromatic hydroxyl groups is 2. The van der Waals surface area contributed by atoms with E-state index in [0.29, 0.717) is 19.8 Å². The Labute approximate surface area is 426 Å². The quantitative estimate of drug-likeness (QED) is 0.0618. The van der Waals surface area contributed by atoms with Gasteiger partial charge in [0.1, 0.15) is 49.4 Å². The van der Waals surface area contributed by atoms with Crippen molar-refractivity contribution < 1.29 is 54.0 Å². The summed E-state index contributed by atoms with van der Waals surface area (Å²) >= 11 is 0. The van der Waals surface area contributed by atoms with Crippen LogP contribution in [0.2, 0.25) is 0 Å². The van der Waals surface area contributed by atoms with Gasteiger partial charge in [-0.2, -0.15) is 0 Å². The number of ether oxygens (including phenoxy) is 5. The van der Waals surface area contributed by atoms with Crippen molar-refractivity contribution in [3.63, 3.8) is 0 Å². The molecule has 374 valence electrons. The average Bonchev–Trinajstić information content (AvgIpc) is 4.13. The number of benzene rings is 8. The van der Waals surface area contributed by atoms with Crippen LogP contribution in [0, 0.1) is 0 Å². The Hall–Kier alpha value is -7.93. The molecule has 0 radical (unpaired) electrons. The van der Waals surface area contributed by atoms with Crippen LogP contribution in [-0.4, -0.2) is 91.1 Å². The van der Waals surface area contributed by atoms with Gasteiger partial charge in [-0.1, -0.05) is 153 Å². The van der Waals surface area contributed by atoms with Crippen LogP contribution < -0.4 is 9.47 Å². The monoisotopic (exact) mass is 980 g/mol. The zero-order valence-corrected chi connectivity index (χ0v) is 40.7. The Balaban J connectivity index is 0.000000158. The first-order valence-corrected chi connectivity index (χ1v) is 24.5. The second-order valence-corrected chi connectivity index (χ2v) is 17.3. The van der Waals surface area contributed by atoms with Crippen molar-refractivity contribution >= 4 is 6.16 Å². The van der Waals surface area contributed by atoms with Gasteiger partial charge in [-0.05, 0) is 122 Å². The van der Waals surface area contributed by atoms with Crippen molar-refractivity contribution in [2.45, 2.75) is 24.2 Å². The summed E-state index contributed by atoms with van der Waals surface area (Å²) in [5, 5.41) is 45.8. The highest BCUT2D eigenvalue weighted by molar-refractivity contribution is 5.87. The lowest BCUT2D eigenvalue weighted by atomic mass is 9.68. The molecular formula is C62H60O11. The van der Waals surface area contributed by atoms with Gasteiger partial charge < -0.3 is 49.2 Å². The smallest absolute Gasteiger partial charge is 0.508 e. The van der Waals surface area contributed by atoms with Gasteiger partial charge in [0.25, 0.3) is 0 Å². The highest BCUT2D eigenvalue weighted by Gasteiger charge is 2.47. The zero-order valence-electron chi connectivity index (χ0n) is 40.7. The van der Waals surface area contributed by atoms with Gasteiger partial charge in [0, 0.05) is 6.61 Å². The molecule has 5 N–H and O–H groups in total. The maximum Gasteiger partial charge on any atom is 0.508 e. The van der Waals surface area contributed by atoms with Crippen molar-refractivity contribution in [3.05, 3.63) is 239 Å². The van der Waals surface area contributed by atoms with Gasteiger partial charge in [0.15, 0.2) is 0 Å². The summed E-state index contributed by atoms with van der Waals surface area (Å²) in [4.78, 5) is 9.80. The molecule has 0 bridgehead atoms. The second-order valence-electron chi connectivity index (χ2n) is 17.3. The van der Waals surface area contributed by atoms with E-state index in [2.05, 4.69) is 136 Å². The molecular weight excluding hydrogens is 921 g/mol. The Kier molecular flexibility index (Phi) is 17.2. The Morgan fingerprint density at radius 2 is 0.685 bits per heavy atom. The van der Waals surface area contributed by atoms with Crippen LogP contribution in [0.3, 0.4) is 0 Å². The summed E-state index contributed by atoms with van der Waals surface area (Å²) in [6, 6.07) is 65.3. The van der Waals surface area contributed by atoms with Gasteiger partial charge in [0.2, 0.25) is 0 Å². The van der Waals surface area contributed by atoms with E-state index in [1.807, 2.05) is 55.5 Å². The lowest BCUT2D eigenvalue weighted by molar-refractivity contribution is 0.131. The van der Waals surface area contributed by atoms with Gasteiger partial charge in [-0.3, -0.25) is 0 Å². The van der Waals surface area contributed by atoms with Crippen molar-refractivity contribution in [1.82, 2.24) is 0 Å². The lowest BCUT2D eigenvalue weighted by Gasteiger charge is -2.34. The standard InChI is InChI=1S/C29H26O4.C25H18O2.C3H4O3.C3H8O.C2H4O/c30-17-19-32-23-13-9-21(10-14-23)29(22-11-15-24(16-12-22)33-20-18-31)27-7-3-1-5-25(27)26-6-2-4-8-28(26)29;26-19-13-9-17(10-14-19)25(18-11-15-20(27)16-12-18)23-7-3-1-5-21(23)22-6-2-4-8-24(22)25;4-3-5-1-2-6-3;1-2-3-4;1-2-3-1/h1-16,30-31H,17-20H2;1-16,26-27H;1-2H2;4H,2-3H2,1H3;1-2H2. The zero-order chi connectivity index (χ0) is 51.0. The maximum absolute atomic E-state index is 9.85. The molecule has 2 aliphatic heterocycles. The van der Waals surface area contributed by atoms with Gasteiger partial charge >= 0.3 is 6.16 Å². The molecule has 0 unspecified atom stereocenters. The second kappa shape index (κ2) is 24.5. The van der Waals surface area contributed by atoms with E-state index < -0.39 is 17.0 Å². The Morgan fingerprint density at radius 1 is 0.411 bits per heavy atom. The van der Waals surface area contributed by atoms with Gasteiger partial charge in [-0.15, -0.1) is 0 Å². The molecule has 11 heteroatoms. The molecule has 0 atom stereocenters. The minimum atomic E-state index is -0.546. The normalized spacial score (nSPS) is 14.1. The van der Waals surface area contributed by atoms with Crippen LogP contribution >= 0.6 is 0 Å². The number of carbonyl (C=O) groups excluding carboxylic acids is 1. The lowest BCUT2D eigenvalue weighted by Crippen LogP contribution is -2.28. The first kappa shape index (κ1) is 51.4. The van der Waals surface area contributed by atoms with E-state index >= 15 is 0 Å². The molecule has 0 aromatic heterocycles. The Morgan fingerprint density at radius 3 is 0.918 bits per heavy atom. The fourth-order valence-electron chi connectivity index (χ4n) is 9.69. The largest absolute Gasteiger partial charge is 0.508 e. The summed E-state index contributed by atoms with van der Waals surface area (Å²) < 4.78 is 24.3. The number of rotatable bonds is 11. The molecule has 2 fully saturated rings. The molecule has 8 aromatic rings. The van der Waals surface area contributed by atoms with Crippen molar-refractivity contribution in [2.75, 3.05) is 59.5 Å². The predicted molar refractivity (Wildman–Crippen MR) is 281 cm³/mol. The third-order valence-corrected chi connectivity index (χ3v) is 12.8. The fraction of sp³-hybridized carbons (Fsp3) is 0.210. The molecule has 2 heterocycles. The van der Waals surface area contributed by atoms with Crippen LogP contribution in [0.4, 0.5) is 4.79 Å². The third kappa shape index (κ3) is 11.1. The predicted octanol–water partition coefficient (Wildman–Crippen LogP) is 10.8. The Bertz CT molecular complexity index is 2820. The SMILES string of the molecule is C1CO1.CCCO.O=C1OCCO1.OCCOc1ccc(C2(c3ccc(OCCO)cc3)c3ccccc3-c3ccccc32)cc1.Oc1ccc(C2(c3ccc(O)cc3)c3ccccc3-c3ccccc32)cc1. The maximum atomic E-state index is 9.85. The topological polar surface area (TPSA) is 168 Å². The van der Waals surface area contributed by atoms with Crippen molar-refractivity contribution in [3.8, 4) is 45.3 Å². The van der Waals surface area contributed by atoms with Gasteiger partial charge in [0.05, 0.1) is 37.3 Å². The number of hydrogen-bond acceptors (Lipinski definition) is 11. The van der Waals surface area contributed by atoms with E-state index in [4.69, 9.17) is 24.8 Å². The summed E-state index contributed by atoms with van der Waals surface area (Å²) in [5.41, 5.74) is 13.3. The molecule has 8 aromatic carbocycles. The fourth-order valence-corrected chi connectivity index (χ4v) is 9.69. The highest BCUT2D eigenvalue weighted by atomic mass is 16.8. The number of epoxide rings is 1. The number of fused-ring (bicyclic) bond motifs is 6. The molecule has 0 amide bonds. The molecule has 73 heavy (non-hydrogen) atoms. The molecule has 4 aliphatic rings. The number of phenols is 2. The summed E-state index contributed by atoms with van der Waals surface area (Å²) in [6.07, 6.45) is 0.329. The van der Waals surface area contributed by atoms with E-state index in [0.717, 1.165) is 53.4 Å². The van der Waals surface area contributed by atoms with E-state index in [1.165, 1.54) is 44.5 Å². The summed E-state index contributed by atoms with van der Waals surface area (Å²) in [6.45, 7) is 5.59. The minimum absolute atomic E-state index is 0.0167.